The Morgan fingerprint density at radius 1 is 1.03 bits per heavy atom. The molecule has 1 aliphatic rings. The summed E-state index contributed by atoms with van der Waals surface area (Å²) >= 11 is 0. The lowest BCUT2D eigenvalue weighted by molar-refractivity contribution is 0.572. The van der Waals surface area contributed by atoms with Gasteiger partial charge in [0.25, 0.3) is 0 Å². The quantitative estimate of drug-likeness (QED) is 0.354. The van der Waals surface area contributed by atoms with Crippen molar-refractivity contribution in [3.8, 4) is 11.3 Å². The average Bonchev–Trinajstić information content (AvgIpc) is 3.60. The van der Waals surface area contributed by atoms with Gasteiger partial charge < -0.3 is 10.3 Å². The van der Waals surface area contributed by atoms with Gasteiger partial charge in [0.05, 0.1) is 16.6 Å². The third-order valence-electron chi connectivity index (χ3n) is 6.40. The summed E-state index contributed by atoms with van der Waals surface area (Å²) in [5.74, 6) is -2.08. The first-order chi connectivity index (χ1) is 16.5. The van der Waals surface area contributed by atoms with Crippen molar-refractivity contribution < 1.29 is 17.7 Å². The lowest BCUT2D eigenvalue weighted by Gasteiger charge is -2.22. The largest absolute Gasteiger partial charge is 0.397 e. The first-order valence-corrected chi connectivity index (χ1v) is 13.9. The topological polar surface area (TPSA) is 81.8 Å². The van der Waals surface area contributed by atoms with E-state index in [2.05, 4.69) is 15.0 Å². The Labute approximate surface area is 201 Å². The van der Waals surface area contributed by atoms with E-state index in [1.165, 1.54) is 24.4 Å². The van der Waals surface area contributed by atoms with Crippen LogP contribution in [0.2, 0.25) is 0 Å². The number of nitrogen functional groups attached to an aromatic ring is 1. The maximum atomic E-state index is 15.0. The molecule has 0 amide bonds. The molecule has 1 fully saturated rings. The molecule has 5 rings (SSSR count). The van der Waals surface area contributed by atoms with Crippen LogP contribution >= 0.6 is 7.14 Å². The van der Waals surface area contributed by atoms with E-state index in [1.54, 1.807) is 32.4 Å². The molecule has 5 nitrogen and oxygen atoms in total. The molecule has 35 heavy (non-hydrogen) atoms. The van der Waals surface area contributed by atoms with Gasteiger partial charge >= 0.3 is 0 Å². The SMILES string of the molecule is Cc1nc2cc(F)c(-c3ccc(P(C)(C)=O)nc3)nc2c(N)c1[C@H](c1cc(F)cc(F)c1)C1CC1. The number of nitrogens with two attached hydrogens (primary N) is 1. The van der Waals surface area contributed by atoms with Crippen LogP contribution in [0.3, 0.4) is 0 Å². The summed E-state index contributed by atoms with van der Waals surface area (Å²) < 4.78 is 55.5. The number of pyridine rings is 3. The summed E-state index contributed by atoms with van der Waals surface area (Å²) in [6, 6.07) is 8.00. The maximum Gasteiger partial charge on any atom is 0.151 e. The van der Waals surface area contributed by atoms with E-state index in [4.69, 9.17) is 5.73 Å². The molecule has 0 aliphatic heterocycles. The van der Waals surface area contributed by atoms with Gasteiger partial charge in [0.2, 0.25) is 0 Å². The van der Waals surface area contributed by atoms with Gasteiger partial charge in [0.15, 0.2) is 5.82 Å². The number of benzene rings is 1. The molecular formula is C26H24F3N4OP. The van der Waals surface area contributed by atoms with Crippen molar-refractivity contribution in [2.45, 2.75) is 25.7 Å². The number of nitrogens with zero attached hydrogens (tertiary/aromatic N) is 3. The normalized spacial score (nSPS) is 14.9. The minimum absolute atomic E-state index is 0.0432. The number of fused-ring (bicyclic) bond motifs is 1. The van der Waals surface area contributed by atoms with Crippen molar-refractivity contribution in [1.29, 1.82) is 0 Å². The Bertz CT molecular complexity index is 1490. The van der Waals surface area contributed by atoms with E-state index >= 15 is 4.39 Å². The Hall–Kier alpha value is -3.25. The van der Waals surface area contributed by atoms with Crippen molar-refractivity contribution >= 4 is 29.3 Å². The van der Waals surface area contributed by atoms with Gasteiger partial charge in [-0.25, -0.2) is 18.2 Å². The minimum Gasteiger partial charge on any atom is -0.397 e. The predicted octanol–water partition coefficient (Wildman–Crippen LogP) is 5.79. The number of anilines is 1. The molecule has 0 unspecified atom stereocenters. The highest BCUT2D eigenvalue weighted by Crippen LogP contribution is 2.49. The van der Waals surface area contributed by atoms with E-state index in [0.717, 1.165) is 18.9 Å². The predicted molar refractivity (Wildman–Crippen MR) is 132 cm³/mol. The minimum atomic E-state index is -2.56. The molecule has 0 saturated heterocycles. The zero-order valence-corrected chi connectivity index (χ0v) is 20.4. The third-order valence-corrected chi connectivity index (χ3v) is 7.77. The first kappa shape index (κ1) is 23.5. The van der Waals surface area contributed by atoms with E-state index in [-0.39, 0.29) is 17.5 Å². The zero-order chi connectivity index (χ0) is 25.1. The highest BCUT2D eigenvalue weighted by Gasteiger charge is 2.37. The molecule has 2 N–H and O–H groups in total. The van der Waals surface area contributed by atoms with Crippen LogP contribution in [-0.2, 0) is 4.57 Å². The fourth-order valence-electron chi connectivity index (χ4n) is 4.62. The molecule has 1 atom stereocenters. The molecule has 4 aromatic rings. The molecular weight excluding hydrogens is 472 g/mol. The summed E-state index contributed by atoms with van der Waals surface area (Å²) in [4.78, 5) is 13.3. The molecule has 3 aromatic heterocycles. The first-order valence-electron chi connectivity index (χ1n) is 11.3. The Morgan fingerprint density at radius 3 is 2.29 bits per heavy atom. The van der Waals surface area contributed by atoms with Crippen LogP contribution in [0.5, 0.6) is 0 Å². The van der Waals surface area contributed by atoms with Gasteiger partial charge in [0.1, 0.15) is 30.0 Å². The molecule has 9 heteroatoms. The molecule has 1 aliphatic carbocycles. The lowest BCUT2D eigenvalue weighted by Crippen LogP contribution is -2.12. The number of hydrogen-bond acceptors (Lipinski definition) is 5. The van der Waals surface area contributed by atoms with Crippen molar-refractivity contribution in [3.05, 3.63) is 76.9 Å². The standard InChI is InChI=1S/C26H24F3N4OP/c1-13-22(23(14-4-5-14)16-8-17(27)10-18(28)9-16)24(30)26-20(32-13)11-19(29)25(33-26)15-6-7-21(31-12-15)35(2,3)34/h6-12,14,23H,4-5H2,1-3H3,(H2,30,32)/t23-/m0/s1. The fourth-order valence-corrected chi connectivity index (χ4v) is 5.39. The molecule has 180 valence electrons. The number of aromatic nitrogens is 3. The van der Waals surface area contributed by atoms with Gasteiger partial charge in [0, 0.05) is 41.1 Å². The second kappa shape index (κ2) is 8.45. The molecule has 0 spiro atoms. The van der Waals surface area contributed by atoms with E-state index in [1.807, 2.05) is 0 Å². The molecule has 0 bridgehead atoms. The Morgan fingerprint density at radius 2 is 1.71 bits per heavy atom. The maximum absolute atomic E-state index is 15.0. The summed E-state index contributed by atoms with van der Waals surface area (Å²) in [7, 11) is -2.56. The van der Waals surface area contributed by atoms with Gasteiger partial charge in [-0.1, -0.05) is 0 Å². The number of halogens is 3. The van der Waals surface area contributed by atoms with Crippen LogP contribution in [-0.4, -0.2) is 28.3 Å². The highest BCUT2D eigenvalue weighted by atomic mass is 31.2. The van der Waals surface area contributed by atoms with Crippen LogP contribution < -0.4 is 11.2 Å². The zero-order valence-electron chi connectivity index (χ0n) is 19.5. The third kappa shape index (κ3) is 4.43. The smallest absolute Gasteiger partial charge is 0.151 e. The molecule has 1 saturated carbocycles. The number of rotatable bonds is 5. The highest BCUT2D eigenvalue weighted by molar-refractivity contribution is 7.69. The second-order valence-corrected chi connectivity index (χ2v) is 12.6. The van der Waals surface area contributed by atoms with E-state index in [9.17, 15) is 13.3 Å². The van der Waals surface area contributed by atoms with Crippen LogP contribution in [0.25, 0.3) is 22.3 Å². The van der Waals surface area contributed by atoms with Gasteiger partial charge in [-0.2, -0.15) is 0 Å². The van der Waals surface area contributed by atoms with Crippen LogP contribution in [0.4, 0.5) is 18.9 Å². The summed E-state index contributed by atoms with van der Waals surface area (Å²) in [5.41, 5.74) is 10.1. The summed E-state index contributed by atoms with van der Waals surface area (Å²) in [5, 5.41) is 0. The number of hydrogen-bond donors (Lipinski definition) is 1. The molecule has 3 heterocycles. The van der Waals surface area contributed by atoms with Crippen molar-refractivity contribution in [2.75, 3.05) is 19.1 Å². The van der Waals surface area contributed by atoms with E-state index in [0.29, 0.717) is 44.5 Å². The summed E-state index contributed by atoms with van der Waals surface area (Å²) in [6.45, 7) is 4.99. The Balaban J connectivity index is 1.68. The van der Waals surface area contributed by atoms with E-state index < -0.39 is 24.6 Å². The average molecular weight is 496 g/mol. The van der Waals surface area contributed by atoms with Crippen molar-refractivity contribution in [1.82, 2.24) is 15.0 Å². The van der Waals surface area contributed by atoms with Crippen LogP contribution in [0.1, 0.15) is 35.6 Å². The van der Waals surface area contributed by atoms with Crippen LogP contribution in [0, 0.1) is 30.3 Å². The molecule has 1 aromatic carbocycles. The fraction of sp³-hybridized carbons (Fsp3) is 0.269. The van der Waals surface area contributed by atoms with Gasteiger partial charge in [-0.05, 0) is 68.8 Å². The van der Waals surface area contributed by atoms with Crippen molar-refractivity contribution in [2.24, 2.45) is 5.92 Å². The van der Waals surface area contributed by atoms with Crippen LogP contribution in [0.15, 0.2) is 42.6 Å². The molecule has 0 radical (unpaired) electrons. The monoisotopic (exact) mass is 496 g/mol. The lowest BCUT2D eigenvalue weighted by atomic mass is 9.84. The number of aryl methyl sites for hydroxylation is 1. The summed E-state index contributed by atoms with van der Waals surface area (Å²) in [6.07, 6.45) is 3.24. The van der Waals surface area contributed by atoms with Gasteiger partial charge in [-0.15, -0.1) is 0 Å². The Kier molecular flexibility index (Phi) is 5.67. The van der Waals surface area contributed by atoms with Crippen molar-refractivity contribution in [3.63, 3.8) is 0 Å². The second-order valence-electron chi connectivity index (χ2n) is 9.48. The van der Waals surface area contributed by atoms with Gasteiger partial charge in [-0.3, -0.25) is 9.97 Å².